The van der Waals surface area contributed by atoms with E-state index in [1.807, 2.05) is 0 Å². The van der Waals surface area contributed by atoms with Gasteiger partial charge in [0.2, 0.25) is 0 Å². The maximum atomic E-state index is 9.74. The Morgan fingerprint density at radius 2 is 2.29 bits per heavy atom. The standard InChI is InChI=1S/C3H4Br2O2/c4-1-2(5)3(6)7/h2H,1H2,(H,6,7)/p-1. The quantitative estimate of drug-likeness (QED) is 0.622. The molecule has 1 unspecified atom stereocenters. The average molecular weight is 231 g/mol. The van der Waals surface area contributed by atoms with Crippen LogP contribution in [0.3, 0.4) is 0 Å². The largest absolute Gasteiger partial charge is 0.549 e. The van der Waals surface area contributed by atoms with E-state index in [0.717, 1.165) is 0 Å². The van der Waals surface area contributed by atoms with Gasteiger partial charge in [-0.25, -0.2) is 0 Å². The Kier molecular flexibility index (Phi) is 3.65. The lowest BCUT2D eigenvalue weighted by Gasteiger charge is -2.03. The van der Waals surface area contributed by atoms with Gasteiger partial charge < -0.3 is 9.90 Å². The zero-order valence-electron chi connectivity index (χ0n) is 3.36. The van der Waals surface area contributed by atoms with Gasteiger partial charge in [0.15, 0.2) is 0 Å². The van der Waals surface area contributed by atoms with Gasteiger partial charge in [-0.3, -0.25) is 0 Å². The summed E-state index contributed by atoms with van der Waals surface area (Å²) >= 11 is 5.78. The monoisotopic (exact) mass is 229 g/mol. The van der Waals surface area contributed by atoms with Crippen LogP contribution in [0.15, 0.2) is 0 Å². The molecule has 0 aromatic heterocycles. The first-order valence-electron chi connectivity index (χ1n) is 1.59. The van der Waals surface area contributed by atoms with Crippen LogP contribution in [0.4, 0.5) is 0 Å². The minimum absolute atomic E-state index is 0.384. The average Bonchev–Trinajstić information content (AvgIpc) is 1.65. The molecule has 0 amide bonds. The van der Waals surface area contributed by atoms with E-state index in [1.165, 1.54) is 0 Å². The molecule has 0 saturated carbocycles. The van der Waals surface area contributed by atoms with Crippen LogP contribution in [0, 0.1) is 0 Å². The number of aliphatic carboxylic acids is 1. The van der Waals surface area contributed by atoms with E-state index in [1.54, 1.807) is 0 Å². The number of hydrogen-bond acceptors (Lipinski definition) is 2. The first-order chi connectivity index (χ1) is 3.18. The molecule has 0 aromatic carbocycles. The van der Waals surface area contributed by atoms with Crippen LogP contribution < -0.4 is 5.11 Å². The van der Waals surface area contributed by atoms with Crippen molar-refractivity contribution in [1.29, 1.82) is 0 Å². The molecular formula is C3H3Br2O2-. The lowest BCUT2D eigenvalue weighted by atomic mass is 10.5. The number of rotatable bonds is 2. The summed E-state index contributed by atoms with van der Waals surface area (Å²) in [6.07, 6.45) is 0. The van der Waals surface area contributed by atoms with Crippen molar-refractivity contribution in [2.24, 2.45) is 0 Å². The second-order valence-electron chi connectivity index (χ2n) is 0.941. The second kappa shape index (κ2) is 3.43. The Morgan fingerprint density at radius 3 is 2.29 bits per heavy atom. The molecular weight excluding hydrogens is 228 g/mol. The van der Waals surface area contributed by atoms with Crippen LogP contribution in [0.5, 0.6) is 0 Å². The zero-order chi connectivity index (χ0) is 5.86. The Bertz CT molecular complexity index is 73.3. The first kappa shape index (κ1) is 7.43. The zero-order valence-corrected chi connectivity index (χ0v) is 6.53. The fourth-order valence-electron chi connectivity index (χ4n) is 0.0630. The summed E-state index contributed by atoms with van der Waals surface area (Å²) in [5, 5.41) is 10.1. The molecule has 0 aliphatic rings. The normalized spacial score (nSPS) is 13.4. The smallest absolute Gasteiger partial charge is 0.0638 e. The van der Waals surface area contributed by atoms with Crippen LogP contribution in [0.1, 0.15) is 0 Å². The highest BCUT2D eigenvalue weighted by atomic mass is 79.9. The molecule has 0 aliphatic carbocycles. The highest BCUT2D eigenvalue weighted by Crippen LogP contribution is 2.00. The third-order valence-corrected chi connectivity index (χ3v) is 2.61. The molecule has 42 valence electrons. The minimum atomic E-state index is -1.09. The van der Waals surface area contributed by atoms with E-state index in [-0.39, 0.29) is 0 Å². The molecule has 4 heteroatoms. The van der Waals surface area contributed by atoms with E-state index in [9.17, 15) is 9.90 Å². The summed E-state index contributed by atoms with van der Waals surface area (Å²) in [5.74, 6) is -1.09. The summed E-state index contributed by atoms with van der Waals surface area (Å²) in [5.41, 5.74) is 0. The second-order valence-corrected chi connectivity index (χ2v) is 2.69. The molecule has 0 saturated heterocycles. The van der Waals surface area contributed by atoms with Gasteiger partial charge in [0.1, 0.15) is 0 Å². The van der Waals surface area contributed by atoms with Gasteiger partial charge in [0.25, 0.3) is 0 Å². The topological polar surface area (TPSA) is 40.1 Å². The third-order valence-electron chi connectivity index (χ3n) is 0.391. The maximum Gasteiger partial charge on any atom is 0.0638 e. The predicted molar refractivity (Wildman–Crippen MR) is 31.5 cm³/mol. The van der Waals surface area contributed by atoms with Gasteiger partial charge in [-0.05, 0) is 0 Å². The number of hydrogen-bond donors (Lipinski definition) is 0. The van der Waals surface area contributed by atoms with Crippen molar-refractivity contribution < 1.29 is 9.90 Å². The van der Waals surface area contributed by atoms with Crippen molar-refractivity contribution in [3.8, 4) is 0 Å². The van der Waals surface area contributed by atoms with E-state index >= 15 is 0 Å². The lowest BCUT2D eigenvalue weighted by Crippen LogP contribution is -2.32. The van der Waals surface area contributed by atoms with Crippen molar-refractivity contribution in [1.82, 2.24) is 0 Å². The minimum Gasteiger partial charge on any atom is -0.549 e. The fourth-order valence-corrected chi connectivity index (χ4v) is 0.327. The van der Waals surface area contributed by atoms with Crippen LogP contribution in [-0.2, 0) is 4.79 Å². The Balaban J connectivity index is 3.34. The number of carboxylic acids is 1. The summed E-state index contributed by atoms with van der Waals surface area (Å²) in [6.45, 7) is 0. The lowest BCUT2D eigenvalue weighted by molar-refractivity contribution is -0.304. The summed E-state index contributed by atoms with van der Waals surface area (Å²) in [6, 6.07) is 0. The van der Waals surface area contributed by atoms with Crippen LogP contribution in [-0.4, -0.2) is 16.1 Å². The summed E-state index contributed by atoms with van der Waals surface area (Å²) in [7, 11) is 0. The number of carbonyl (C=O) groups is 1. The molecule has 0 spiro atoms. The molecule has 0 heterocycles. The van der Waals surface area contributed by atoms with Crippen LogP contribution >= 0.6 is 31.9 Å². The van der Waals surface area contributed by atoms with Crippen molar-refractivity contribution in [3.05, 3.63) is 0 Å². The van der Waals surface area contributed by atoms with E-state index in [0.29, 0.717) is 5.33 Å². The molecule has 0 aliphatic heterocycles. The first-order valence-corrected chi connectivity index (χ1v) is 3.63. The molecule has 7 heavy (non-hydrogen) atoms. The fraction of sp³-hybridized carbons (Fsp3) is 0.667. The van der Waals surface area contributed by atoms with Crippen molar-refractivity contribution >= 4 is 37.8 Å². The molecule has 0 N–H and O–H groups in total. The van der Waals surface area contributed by atoms with Crippen LogP contribution in [0.25, 0.3) is 0 Å². The number of alkyl halides is 2. The predicted octanol–water partition coefficient (Wildman–Crippen LogP) is -0.105. The molecule has 0 bridgehead atoms. The SMILES string of the molecule is O=C([O-])C(Br)CBr. The number of halogens is 2. The molecule has 0 radical (unpaired) electrons. The van der Waals surface area contributed by atoms with Crippen LogP contribution in [0.2, 0.25) is 0 Å². The van der Waals surface area contributed by atoms with Gasteiger partial charge in [-0.1, -0.05) is 31.9 Å². The molecule has 0 fully saturated rings. The van der Waals surface area contributed by atoms with Gasteiger partial charge >= 0.3 is 0 Å². The van der Waals surface area contributed by atoms with E-state index in [4.69, 9.17) is 0 Å². The van der Waals surface area contributed by atoms with Gasteiger partial charge in [0.05, 0.1) is 10.8 Å². The summed E-state index contributed by atoms with van der Waals surface area (Å²) in [4.78, 5) is 9.18. The third kappa shape index (κ3) is 3.05. The molecule has 2 nitrogen and oxygen atoms in total. The summed E-state index contributed by atoms with van der Waals surface area (Å²) < 4.78 is 0. The van der Waals surface area contributed by atoms with Gasteiger partial charge in [0, 0.05) is 5.33 Å². The number of carbonyl (C=O) groups excluding carboxylic acids is 1. The van der Waals surface area contributed by atoms with Crippen molar-refractivity contribution in [3.63, 3.8) is 0 Å². The Hall–Kier alpha value is 0.430. The van der Waals surface area contributed by atoms with Crippen molar-refractivity contribution in [2.75, 3.05) is 5.33 Å². The van der Waals surface area contributed by atoms with Gasteiger partial charge in [-0.15, -0.1) is 0 Å². The maximum absolute atomic E-state index is 9.74. The van der Waals surface area contributed by atoms with Gasteiger partial charge in [-0.2, -0.15) is 0 Å². The highest BCUT2D eigenvalue weighted by Gasteiger charge is 1.98. The Morgan fingerprint density at radius 1 is 1.86 bits per heavy atom. The molecule has 1 atom stereocenters. The number of carboxylic acid groups (broad SMARTS) is 1. The molecule has 0 aromatic rings. The highest BCUT2D eigenvalue weighted by molar-refractivity contribution is 9.12. The Labute approximate surface area is 58.2 Å². The molecule has 0 rings (SSSR count). The van der Waals surface area contributed by atoms with E-state index < -0.39 is 10.8 Å². The van der Waals surface area contributed by atoms with Crippen molar-refractivity contribution in [2.45, 2.75) is 4.83 Å². The van der Waals surface area contributed by atoms with E-state index in [2.05, 4.69) is 31.9 Å².